The monoisotopic (exact) mass is 502 g/mol. The number of fused-ring (bicyclic) bond motifs is 2. The van der Waals surface area contributed by atoms with E-state index in [0.717, 1.165) is 10.9 Å². The Balaban J connectivity index is 1.41. The summed E-state index contributed by atoms with van der Waals surface area (Å²) in [6, 6.07) is 17.2. The Morgan fingerprint density at radius 1 is 1.06 bits per heavy atom. The first-order chi connectivity index (χ1) is 17.4. The fourth-order valence-corrected chi connectivity index (χ4v) is 3.89. The number of aromatic nitrogens is 2. The normalized spacial score (nSPS) is 11.4. The fourth-order valence-electron chi connectivity index (χ4n) is 3.72. The zero-order valence-corrected chi connectivity index (χ0v) is 19.2. The first kappa shape index (κ1) is 23.1. The van der Waals surface area contributed by atoms with Crippen LogP contribution in [0, 0.1) is 5.82 Å². The van der Waals surface area contributed by atoms with E-state index in [9.17, 15) is 18.8 Å². The van der Waals surface area contributed by atoms with Crippen LogP contribution in [0.4, 0.5) is 4.39 Å². The summed E-state index contributed by atoms with van der Waals surface area (Å²) < 4.78 is 19.8. The summed E-state index contributed by atoms with van der Waals surface area (Å²) in [5, 5.41) is 9.75. The molecule has 0 fully saturated rings. The van der Waals surface area contributed by atoms with Crippen LogP contribution in [0.25, 0.3) is 33.0 Å². The minimum absolute atomic E-state index is 0.102. The van der Waals surface area contributed by atoms with Gasteiger partial charge in [-0.3, -0.25) is 14.4 Å². The number of benzene rings is 3. The van der Waals surface area contributed by atoms with Crippen molar-refractivity contribution in [2.75, 3.05) is 0 Å². The summed E-state index contributed by atoms with van der Waals surface area (Å²) in [7, 11) is 0. The van der Waals surface area contributed by atoms with Crippen molar-refractivity contribution in [3.05, 3.63) is 110 Å². The summed E-state index contributed by atoms with van der Waals surface area (Å²) >= 11 is 5.95. The third-order valence-corrected chi connectivity index (χ3v) is 5.67. The molecule has 0 radical (unpaired) electrons. The SMILES string of the molecule is O=C(Cn1nc(-c2ccc(F)cc2)c2ccccc2c1=O)N/N=C/c1coc2ccc(Cl)cc2c1=O. The Morgan fingerprint density at radius 2 is 1.81 bits per heavy atom. The molecule has 1 amide bonds. The second-order valence-corrected chi connectivity index (χ2v) is 8.25. The summed E-state index contributed by atoms with van der Waals surface area (Å²) in [4.78, 5) is 38.1. The molecule has 1 N–H and O–H groups in total. The van der Waals surface area contributed by atoms with Gasteiger partial charge in [0.05, 0.1) is 28.2 Å². The molecule has 0 saturated heterocycles. The summed E-state index contributed by atoms with van der Waals surface area (Å²) in [5.74, 6) is -1.05. The van der Waals surface area contributed by atoms with E-state index in [1.54, 1.807) is 48.5 Å². The lowest BCUT2D eigenvalue weighted by Crippen LogP contribution is -2.32. The molecular weight excluding hydrogens is 487 g/mol. The minimum atomic E-state index is -0.644. The van der Waals surface area contributed by atoms with E-state index in [-0.39, 0.29) is 16.4 Å². The van der Waals surface area contributed by atoms with E-state index in [4.69, 9.17) is 16.0 Å². The van der Waals surface area contributed by atoms with Gasteiger partial charge in [0.2, 0.25) is 5.43 Å². The van der Waals surface area contributed by atoms with Gasteiger partial charge in [-0.25, -0.2) is 14.5 Å². The van der Waals surface area contributed by atoms with Gasteiger partial charge in [-0.15, -0.1) is 0 Å². The van der Waals surface area contributed by atoms with Crippen LogP contribution in [0.2, 0.25) is 5.02 Å². The van der Waals surface area contributed by atoms with Crippen LogP contribution in [0.1, 0.15) is 5.56 Å². The maximum Gasteiger partial charge on any atom is 0.275 e. The van der Waals surface area contributed by atoms with Crippen molar-refractivity contribution in [3.63, 3.8) is 0 Å². The van der Waals surface area contributed by atoms with E-state index in [1.165, 1.54) is 24.5 Å². The molecule has 0 bridgehead atoms. The van der Waals surface area contributed by atoms with Gasteiger partial charge in [0, 0.05) is 16.0 Å². The number of carbonyl (C=O) groups excluding carboxylic acids is 1. The number of carbonyl (C=O) groups is 1. The first-order valence-corrected chi connectivity index (χ1v) is 11.1. The quantitative estimate of drug-likeness (QED) is 0.287. The van der Waals surface area contributed by atoms with Crippen LogP contribution in [0.5, 0.6) is 0 Å². The van der Waals surface area contributed by atoms with E-state index in [2.05, 4.69) is 15.6 Å². The third kappa shape index (κ3) is 4.51. The van der Waals surface area contributed by atoms with Crippen LogP contribution < -0.4 is 16.4 Å². The molecule has 0 aliphatic rings. The Hall–Kier alpha value is -4.63. The molecule has 0 aliphatic carbocycles. The molecule has 8 nitrogen and oxygen atoms in total. The first-order valence-electron chi connectivity index (χ1n) is 10.7. The van der Waals surface area contributed by atoms with Gasteiger partial charge in [-0.1, -0.05) is 29.8 Å². The van der Waals surface area contributed by atoms with Crippen molar-refractivity contribution >= 4 is 45.5 Å². The van der Waals surface area contributed by atoms with Gasteiger partial charge in [0.15, 0.2) is 0 Å². The lowest BCUT2D eigenvalue weighted by Gasteiger charge is -2.10. The topological polar surface area (TPSA) is 107 Å². The highest BCUT2D eigenvalue weighted by Gasteiger charge is 2.14. The van der Waals surface area contributed by atoms with E-state index < -0.39 is 23.8 Å². The molecule has 0 aliphatic heterocycles. The highest BCUT2D eigenvalue weighted by Crippen LogP contribution is 2.24. The van der Waals surface area contributed by atoms with E-state index >= 15 is 0 Å². The number of nitrogens with zero attached hydrogens (tertiary/aromatic N) is 3. The second-order valence-electron chi connectivity index (χ2n) is 7.82. The van der Waals surface area contributed by atoms with Gasteiger partial charge in [-0.05, 0) is 48.5 Å². The maximum absolute atomic E-state index is 13.4. The predicted molar refractivity (Wildman–Crippen MR) is 135 cm³/mol. The smallest absolute Gasteiger partial charge is 0.275 e. The average Bonchev–Trinajstić information content (AvgIpc) is 2.88. The van der Waals surface area contributed by atoms with Crippen molar-refractivity contribution in [2.45, 2.75) is 6.54 Å². The van der Waals surface area contributed by atoms with Crippen molar-refractivity contribution in [1.82, 2.24) is 15.2 Å². The summed E-state index contributed by atoms with van der Waals surface area (Å²) in [6.07, 6.45) is 2.36. The molecule has 36 heavy (non-hydrogen) atoms. The molecule has 2 heterocycles. The summed E-state index contributed by atoms with van der Waals surface area (Å²) in [6.45, 7) is -0.433. The zero-order chi connectivity index (χ0) is 25.2. The van der Waals surface area contributed by atoms with E-state index in [0.29, 0.717) is 32.6 Å². The van der Waals surface area contributed by atoms with Crippen LogP contribution in [0.3, 0.4) is 0 Å². The Labute approximate surface area is 207 Å². The van der Waals surface area contributed by atoms with Crippen LogP contribution in [-0.4, -0.2) is 21.9 Å². The lowest BCUT2D eigenvalue weighted by atomic mass is 10.1. The van der Waals surface area contributed by atoms with E-state index in [1.807, 2.05) is 0 Å². The largest absolute Gasteiger partial charge is 0.463 e. The zero-order valence-electron chi connectivity index (χ0n) is 18.4. The molecular formula is C26H16ClFN4O4. The van der Waals surface area contributed by atoms with Gasteiger partial charge >= 0.3 is 0 Å². The van der Waals surface area contributed by atoms with Gasteiger partial charge < -0.3 is 4.42 Å². The second kappa shape index (κ2) is 9.55. The number of nitrogens with one attached hydrogen (secondary N) is 1. The van der Waals surface area contributed by atoms with Gasteiger partial charge in [0.1, 0.15) is 24.2 Å². The highest BCUT2D eigenvalue weighted by molar-refractivity contribution is 6.31. The molecule has 3 aromatic carbocycles. The number of hydrogen-bond donors (Lipinski definition) is 1. The highest BCUT2D eigenvalue weighted by atomic mass is 35.5. The van der Waals surface area contributed by atoms with Crippen LogP contribution in [-0.2, 0) is 11.3 Å². The number of halogens is 2. The van der Waals surface area contributed by atoms with Gasteiger partial charge in [0.25, 0.3) is 11.5 Å². The van der Waals surface area contributed by atoms with Crippen LogP contribution >= 0.6 is 11.6 Å². The third-order valence-electron chi connectivity index (χ3n) is 5.43. The molecule has 10 heteroatoms. The molecule has 5 aromatic rings. The number of hydrazone groups is 1. The molecule has 0 saturated carbocycles. The standard InChI is InChI=1S/C26H16ClFN4O4/c27-17-7-10-22-21(11-17)25(34)16(14-36-22)12-29-30-23(33)13-32-26(35)20-4-2-1-3-19(20)24(31-32)15-5-8-18(28)9-6-15/h1-12,14H,13H2,(H,30,33)/b29-12+. The molecule has 0 spiro atoms. The van der Waals surface area contributed by atoms with Gasteiger partial charge in [-0.2, -0.15) is 10.2 Å². The molecule has 5 rings (SSSR count). The number of hydrogen-bond acceptors (Lipinski definition) is 6. The van der Waals surface area contributed by atoms with Crippen LogP contribution in [0.15, 0.2) is 92.1 Å². The predicted octanol–water partition coefficient (Wildman–Crippen LogP) is 4.11. The maximum atomic E-state index is 13.4. The average molecular weight is 503 g/mol. The molecule has 2 aromatic heterocycles. The van der Waals surface area contributed by atoms with Crippen molar-refractivity contribution in [3.8, 4) is 11.3 Å². The van der Waals surface area contributed by atoms with Crippen molar-refractivity contribution in [2.24, 2.45) is 5.10 Å². The lowest BCUT2D eigenvalue weighted by molar-refractivity contribution is -0.121. The Morgan fingerprint density at radius 3 is 2.58 bits per heavy atom. The minimum Gasteiger partial charge on any atom is -0.463 e. The molecule has 178 valence electrons. The number of rotatable bonds is 5. The van der Waals surface area contributed by atoms with Crippen molar-refractivity contribution in [1.29, 1.82) is 0 Å². The number of amides is 1. The molecule has 0 unspecified atom stereocenters. The van der Waals surface area contributed by atoms with Crippen molar-refractivity contribution < 1.29 is 13.6 Å². The summed E-state index contributed by atoms with van der Waals surface area (Å²) in [5.41, 5.74) is 2.92. The fraction of sp³-hybridized carbons (Fsp3) is 0.0385. The molecule has 0 atom stereocenters. The Kier molecular flexibility index (Phi) is 6.14. The Bertz CT molecular complexity index is 1780.